The molecule has 1 saturated carbocycles. The molecule has 1 amide bonds. The van der Waals surface area contributed by atoms with Gasteiger partial charge < -0.3 is 15.0 Å². The molecule has 1 heterocycles. The average molecular weight is 340 g/mol. The van der Waals surface area contributed by atoms with Crippen LogP contribution < -0.4 is 5.32 Å². The quantitative estimate of drug-likeness (QED) is 0.661. The van der Waals surface area contributed by atoms with Crippen LogP contribution in [0.25, 0.3) is 0 Å². The summed E-state index contributed by atoms with van der Waals surface area (Å²) in [6.45, 7) is 3.40. The van der Waals surface area contributed by atoms with Crippen molar-refractivity contribution < 1.29 is 14.3 Å². The molecule has 2 aliphatic rings. The highest BCUT2D eigenvalue weighted by Gasteiger charge is 2.29. The Morgan fingerprint density at radius 1 is 1.04 bits per heavy atom. The lowest BCUT2D eigenvalue weighted by molar-refractivity contribution is -0.137. The summed E-state index contributed by atoms with van der Waals surface area (Å²) in [5.74, 6) is 3.24. The number of rotatable bonds is 2. The largest absolute Gasteiger partial charge is 0.368 e. The first-order valence-corrected chi connectivity index (χ1v) is 9.00. The lowest BCUT2D eigenvalue weighted by Crippen LogP contribution is -2.48. The molecule has 1 aliphatic carbocycles. The van der Waals surface area contributed by atoms with Gasteiger partial charge in [-0.25, -0.2) is 4.79 Å². The molecule has 5 heteroatoms. The molecule has 3 rings (SSSR count). The van der Waals surface area contributed by atoms with E-state index in [1.165, 1.54) is 0 Å². The summed E-state index contributed by atoms with van der Waals surface area (Å²) in [6, 6.07) is 8.85. The SMILES string of the molecule is O=C(OC#CC1CCC(C(=O)N2CCNCC2)CC1)c1ccccc1. The molecule has 132 valence electrons. The Kier molecular flexibility index (Phi) is 6.08. The average Bonchev–Trinajstić information content (AvgIpc) is 2.69. The van der Waals surface area contributed by atoms with Crippen LogP contribution in [0, 0.1) is 23.9 Å². The van der Waals surface area contributed by atoms with Crippen molar-refractivity contribution in [3.8, 4) is 12.0 Å². The minimum atomic E-state index is -0.421. The zero-order chi connectivity index (χ0) is 17.5. The highest BCUT2D eigenvalue weighted by molar-refractivity contribution is 5.89. The number of piperazine rings is 1. The fraction of sp³-hybridized carbons (Fsp3) is 0.500. The first-order chi connectivity index (χ1) is 12.2. The molecule has 5 nitrogen and oxygen atoms in total. The number of ether oxygens (including phenoxy) is 1. The van der Waals surface area contributed by atoms with Gasteiger partial charge in [-0.3, -0.25) is 4.79 Å². The molecule has 0 unspecified atom stereocenters. The third-order valence-corrected chi connectivity index (χ3v) is 4.92. The van der Waals surface area contributed by atoms with Crippen LogP contribution >= 0.6 is 0 Å². The molecular formula is C20H24N2O3. The third kappa shape index (κ3) is 4.83. The van der Waals surface area contributed by atoms with Gasteiger partial charge >= 0.3 is 5.97 Å². The predicted octanol–water partition coefficient (Wildman–Crippen LogP) is 2.04. The number of carbonyl (C=O) groups excluding carboxylic acids is 2. The summed E-state index contributed by atoms with van der Waals surface area (Å²) in [6.07, 6.45) is 6.07. The molecule has 1 aromatic carbocycles. The number of nitrogens with one attached hydrogen (secondary N) is 1. The molecule has 1 aliphatic heterocycles. The van der Waals surface area contributed by atoms with Gasteiger partial charge in [-0.15, -0.1) is 0 Å². The van der Waals surface area contributed by atoms with E-state index in [0.29, 0.717) is 11.5 Å². The molecule has 1 saturated heterocycles. The number of nitrogens with zero attached hydrogens (tertiary/aromatic N) is 1. The van der Waals surface area contributed by atoms with Gasteiger partial charge in [-0.05, 0) is 37.8 Å². The topological polar surface area (TPSA) is 58.6 Å². The van der Waals surface area contributed by atoms with Gasteiger partial charge in [0.1, 0.15) is 6.11 Å². The highest BCUT2D eigenvalue weighted by Crippen LogP contribution is 2.29. The molecule has 25 heavy (non-hydrogen) atoms. The number of hydrogen-bond acceptors (Lipinski definition) is 4. The van der Waals surface area contributed by atoms with Crippen molar-refractivity contribution in [2.45, 2.75) is 25.7 Å². The van der Waals surface area contributed by atoms with E-state index in [1.54, 1.807) is 24.3 Å². The lowest BCUT2D eigenvalue weighted by Gasteiger charge is -2.33. The van der Waals surface area contributed by atoms with E-state index in [-0.39, 0.29) is 11.8 Å². The number of hydrogen-bond donors (Lipinski definition) is 1. The Balaban J connectivity index is 1.43. The maximum absolute atomic E-state index is 12.5. The molecular weight excluding hydrogens is 316 g/mol. The van der Waals surface area contributed by atoms with Crippen molar-refractivity contribution in [3.63, 3.8) is 0 Å². The molecule has 1 N–H and O–H groups in total. The van der Waals surface area contributed by atoms with Gasteiger partial charge in [0.2, 0.25) is 5.91 Å². The van der Waals surface area contributed by atoms with Crippen molar-refractivity contribution >= 4 is 11.9 Å². The monoisotopic (exact) mass is 340 g/mol. The van der Waals surface area contributed by atoms with E-state index in [9.17, 15) is 9.59 Å². The smallest absolute Gasteiger partial charge is 0.352 e. The molecule has 0 spiro atoms. The maximum Gasteiger partial charge on any atom is 0.352 e. The van der Waals surface area contributed by atoms with Crippen LogP contribution in [0.5, 0.6) is 0 Å². The van der Waals surface area contributed by atoms with E-state index in [0.717, 1.165) is 51.9 Å². The van der Waals surface area contributed by atoms with Crippen molar-refractivity contribution in [2.75, 3.05) is 26.2 Å². The summed E-state index contributed by atoms with van der Waals surface area (Å²) in [5, 5.41) is 3.27. The molecule has 0 radical (unpaired) electrons. The van der Waals surface area contributed by atoms with E-state index in [2.05, 4.69) is 17.3 Å². The number of benzene rings is 1. The number of esters is 1. The second kappa shape index (κ2) is 8.68. The molecule has 0 bridgehead atoms. The van der Waals surface area contributed by atoms with Gasteiger partial charge in [0.05, 0.1) is 5.56 Å². The summed E-state index contributed by atoms with van der Waals surface area (Å²) in [5.41, 5.74) is 0.502. The van der Waals surface area contributed by atoms with Crippen LogP contribution in [0.15, 0.2) is 30.3 Å². The van der Waals surface area contributed by atoms with Crippen LogP contribution in [0.3, 0.4) is 0 Å². The Labute approximate surface area is 148 Å². The summed E-state index contributed by atoms with van der Waals surface area (Å²) in [4.78, 5) is 26.3. The fourth-order valence-electron chi connectivity index (χ4n) is 3.42. The number of carbonyl (C=O) groups is 2. The summed E-state index contributed by atoms with van der Waals surface area (Å²) in [7, 11) is 0. The summed E-state index contributed by atoms with van der Waals surface area (Å²) < 4.78 is 5.02. The fourth-order valence-corrected chi connectivity index (χ4v) is 3.42. The van der Waals surface area contributed by atoms with Gasteiger partial charge in [-0.1, -0.05) is 24.1 Å². The van der Waals surface area contributed by atoms with Crippen molar-refractivity contribution in [1.82, 2.24) is 10.2 Å². The van der Waals surface area contributed by atoms with Crippen LogP contribution in [0.1, 0.15) is 36.0 Å². The summed E-state index contributed by atoms with van der Waals surface area (Å²) >= 11 is 0. The van der Waals surface area contributed by atoms with Crippen LogP contribution in [-0.2, 0) is 9.53 Å². The van der Waals surface area contributed by atoms with Gasteiger partial charge in [0.25, 0.3) is 0 Å². The highest BCUT2D eigenvalue weighted by atomic mass is 16.5. The Bertz CT molecular complexity index is 649. The van der Waals surface area contributed by atoms with E-state index < -0.39 is 5.97 Å². The van der Waals surface area contributed by atoms with Crippen LogP contribution in [0.2, 0.25) is 0 Å². The van der Waals surface area contributed by atoms with Crippen molar-refractivity contribution in [3.05, 3.63) is 35.9 Å². The first-order valence-electron chi connectivity index (χ1n) is 9.00. The predicted molar refractivity (Wildman–Crippen MR) is 94.5 cm³/mol. The Morgan fingerprint density at radius 2 is 1.72 bits per heavy atom. The van der Waals surface area contributed by atoms with E-state index >= 15 is 0 Å². The molecule has 1 aromatic rings. The van der Waals surface area contributed by atoms with E-state index in [4.69, 9.17) is 4.74 Å². The Morgan fingerprint density at radius 3 is 2.40 bits per heavy atom. The van der Waals surface area contributed by atoms with Gasteiger partial charge in [0, 0.05) is 38.0 Å². The standard InChI is InChI=1S/C20H24N2O3/c23-19(22-13-11-21-12-14-22)17-8-6-16(7-9-17)10-15-25-20(24)18-4-2-1-3-5-18/h1-5,16-17,21H,6-9,11-14H2. The zero-order valence-corrected chi connectivity index (χ0v) is 14.4. The van der Waals surface area contributed by atoms with Gasteiger partial charge in [0.15, 0.2) is 0 Å². The third-order valence-electron chi connectivity index (χ3n) is 4.92. The maximum atomic E-state index is 12.5. The Hall–Kier alpha value is -2.32. The van der Waals surface area contributed by atoms with Crippen molar-refractivity contribution in [1.29, 1.82) is 0 Å². The molecule has 2 fully saturated rings. The number of amides is 1. The minimum absolute atomic E-state index is 0.128. The van der Waals surface area contributed by atoms with Crippen LogP contribution in [0.4, 0.5) is 0 Å². The first kappa shape index (κ1) is 17.5. The normalized spacial score (nSPS) is 23.3. The molecule has 0 aromatic heterocycles. The lowest BCUT2D eigenvalue weighted by atomic mass is 9.81. The van der Waals surface area contributed by atoms with Gasteiger partial charge in [-0.2, -0.15) is 0 Å². The van der Waals surface area contributed by atoms with Crippen molar-refractivity contribution in [2.24, 2.45) is 11.8 Å². The second-order valence-corrected chi connectivity index (χ2v) is 6.63. The minimum Gasteiger partial charge on any atom is -0.368 e. The van der Waals surface area contributed by atoms with Crippen LogP contribution in [-0.4, -0.2) is 43.0 Å². The van der Waals surface area contributed by atoms with E-state index in [1.807, 2.05) is 11.0 Å². The molecule has 0 atom stereocenters. The zero-order valence-electron chi connectivity index (χ0n) is 14.4. The second-order valence-electron chi connectivity index (χ2n) is 6.63.